The second-order valence-corrected chi connectivity index (χ2v) is 7.65. The molecule has 0 spiro atoms. The van der Waals surface area contributed by atoms with E-state index in [0.29, 0.717) is 48.7 Å². The van der Waals surface area contributed by atoms with Crippen molar-refractivity contribution in [2.75, 3.05) is 27.1 Å². The van der Waals surface area contributed by atoms with Gasteiger partial charge in [0.05, 0.1) is 6.04 Å². The molecule has 0 N–H and O–H groups in total. The predicted octanol–water partition coefficient (Wildman–Crippen LogP) is 3.39. The fourth-order valence-electron chi connectivity index (χ4n) is 3.65. The molecule has 166 valence electrons. The van der Waals surface area contributed by atoms with Gasteiger partial charge in [-0.3, -0.25) is 4.79 Å². The molecule has 1 amide bonds. The van der Waals surface area contributed by atoms with Gasteiger partial charge in [0.25, 0.3) is 0 Å². The number of fused-ring (bicyclic) bond motifs is 2. The van der Waals surface area contributed by atoms with Crippen LogP contribution in [0.15, 0.2) is 40.8 Å². The highest BCUT2D eigenvalue weighted by atomic mass is 16.7. The fraction of sp³-hybridized carbons (Fsp3) is 0.348. The van der Waals surface area contributed by atoms with E-state index in [1.165, 1.54) is 0 Å². The highest BCUT2D eigenvalue weighted by Gasteiger charge is 2.21. The van der Waals surface area contributed by atoms with Crippen molar-refractivity contribution >= 4 is 5.91 Å². The summed E-state index contributed by atoms with van der Waals surface area (Å²) in [6, 6.07) is 11.1. The summed E-state index contributed by atoms with van der Waals surface area (Å²) in [5.41, 5.74) is 1.72. The zero-order valence-electron chi connectivity index (χ0n) is 17.9. The maximum atomic E-state index is 12.8. The second-order valence-electron chi connectivity index (χ2n) is 7.65. The molecule has 1 atom stereocenters. The molecule has 3 heterocycles. The average Bonchev–Trinajstić information content (AvgIpc) is 3.50. The van der Waals surface area contributed by atoms with E-state index in [0.717, 1.165) is 16.9 Å². The fourth-order valence-corrected chi connectivity index (χ4v) is 3.65. The van der Waals surface area contributed by atoms with E-state index >= 15 is 0 Å². The summed E-state index contributed by atoms with van der Waals surface area (Å²) in [6.07, 6.45) is 0.614. The molecule has 0 fully saturated rings. The van der Waals surface area contributed by atoms with Gasteiger partial charge in [-0.2, -0.15) is 0 Å². The number of carbonyl (C=O) groups excluding carboxylic acids is 1. The summed E-state index contributed by atoms with van der Waals surface area (Å²) in [6.45, 7) is 3.26. The molecule has 0 aliphatic carbocycles. The van der Waals surface area contributed by atoms with Crippen molar-refractivity contribution in [1.82, 2.24) is 15.1 Å². The lowest BCUT2D eigenvalue weighted by molar-refractivity contribution is -0.131. The smallest absolute Gasteiger partial charge is 0.247 e. The van der Waals surface area contributed by atoms with Gasteiger partial charge in [0, 0.05) is 25.5 Å². The van der Waals surface area contributed by atoms with Crippen LogP contribution in [0.2, 0.25) is 0 Å². The van der Waals surface area contributed by atoms with E-state index in [1.54, 1.807) is 24.1 Å². The van der Waals surface area contributed by atoms with Gasteiger partial charge >= 0.3 is 0 Å². The molecule has 1 aromatic heterocycles. The van der Waals surface area contributed by atoms with Crippen molar-refractivity contribution in [1.29, 1.82) is 0 Å². The third-order valence-corrected chi connectivity index (χ3v) is 5.66. The Hall–Kier alpha value is -3.75. The zero-order chi connectivity index (χ0) is 22.1. The summed E-state index contributed by atoms with van der Waals surface area (Å²) in [4.78, 5) is 14.5. The molecule has 0 radical (unpaired) electrons. The minimum Gasteiger partial charge on any atom is -0.486 e. The number of amides is 1. The van der Waals surface area contributed by atoms with Crippen molar-refractivity contribution in [2.24, 2.45) is 0 Å². The Morgan fingerprint density at radius 2 is 1.69 bits per heavy atom. The first-order valence-corrected chi connectivity index (χ1v) is 10.5. The maximum Gasteiger partial charge on any atom is 0.247 e. The molecule has 0 saturated heterocycles. The summed E-state index contributed by atoms with van der Waals surface area (Å²) < 4.78 is 27.7. The molecule has 0 unspecified atom stereocenters. The van der Waals surface area contributed by atoms with Crippen LogP contribution < -0.4 is 18.9 Å². The number of benzene rings is 2. The number of ether oxygens (including phenoxy) is 4. The first-order valence-electron chi connectivity index (χ1n) is 10.5. The molecule has 2 aliphatic rings. The minimum atomic E-state index is -0.120. The number of carbonyl (C=O) groups is 1. The lowest BCUT2D eigenvalue weighted by Crippen LogP contribution is -2.30. The van der Waals surface area contributed by atoms with Crippen molar-refractivity contribution in [3.63, 3.8) is 0 Å². The molecular formula is C23H23N3O6. The average molecular weight is 437 g/mol. The number of aromatic nitrogens is 2. The molecule has 0 bridgehead atoms. The molecule has 32 heavy (non-hydrogen) atoms. The van der Waals surface area contributed by atoms with Crippen molar-refractivity contribution in [3.8, 4) is 34.5 Å². The van der Waals surface area contributed by atoms with Gasteiger partial charge in [0.2, 0.25) is 24.5 Å². The number of hydrogen-bond acceptors (Lipinski definition) is 8. The van der Waals surface area contributed by atoms with E-state index in [1.807, 2.05) is 31.2 Å². The summed E-state index contributed by atoms with van der Waals surface area (Å²) in [7, 11) is 1.79. The number of hydrogen-bond donors (Lipinski definition) is 0. The van der Waals surface area contributed by atoms with E-state index in [9.17, 15) is 4.79 Å². The molecule has 9 heteroatoms. The monoisotopic (exact) mass is 437 g/mol. The topological polar surface area (TPSA) is 96.2 Å². The van der Waals surface area contributed by atoms with E-state index in [4.69, 9.17) is 23.4 Å². The Morgan fingerprint density at radius 3 is 2.56 bits per heavy atom. The molecule has 2 aliphatic heterocycles. The number of rotatable bonds is 6. The highest BCUT2D eigenvalue weighted by molar-refractivity contribution is 5.76. The van der Waals surface area contributed by atoms with Crippen LogP contribution >= 0.6 is 0 Å². The van der Waals surface area contributed by atoms with Gasteiger partial charge in [-0.1, -0.05) is 6.07 Å². The predicted molar refractivity (Wildman–Crippen MR) is 113 cm³/mol. The van der Waals surface area contributed by atoms with Crippen LogP contribution in [-0.4, -0.2) is 48.1 Å². The third-order valence-electron chi connectivity index (χ3n) is 5.66. The Labute approximate surface area is 184 Å². The Bertz CT molecular complexity index is 1140. The normalized spacial score (nSPS) is 14.8. The van der Waals surface area contributed by atoms with Crippen molar-refractivity contribution in [2.45, 2.75) is 25.8 Å². The van der Waals surface area contributed by atoms with Gasteiger partial charge in [-0.15, -0.1) is 10.2 Å². The second kappa shape index (κ2) is 8.41. The third kappa shape index (κ3) is 3.93. The molecule has 5 rings (SSSR count). The van der Waals surface area contributed by atoms with Crippen LogP contribution in [0.25, 0.3) is 11.5 Å². The van der Waals surface area contributed by atoms with Gasteiger partial charge in [0.1, 0.15) is 13.2 Å². The Kier molecular flexibility index (Phi) is 5.30. The quantitative estimate of drug-likeness (QED) is 0.579. The van der Waals surface area contributed by atoms with Gasteiger partial charge < -0.3 is 28.3 Å². The highest BCUT2D eigenvalue weighted by Crippen LogP contribution is 2.36. The van der Waals surface area contributed by atoms with Crippen LogP contribution in [0.1, 0.15) is 30.8 Å². The standard InChI is InChI=1S/C23H23N3O6/c1-14(15-3-5-17-19(11-15)29-10-9-28-17)26(2)22(27)8-7-21-24-25-23(32-21)16-4-6-18-20(12-16)31-13-30-18/h3-6,11-12,14H,7-10,13H2,1-2H3/t14-/m1/s1. The number of aryl methyl sites for hydroxylation is 1. The minimum absolute atomic E-state index is 0.0183. The lowest BCUT2D eigenvalue weighted by atomic mass is 10.1. The lowest BCUT2D eigenvalue weighted by Gasteiger charge is -2.27. The largest absolute Gasteiger partial charge is 0.486 e. The van der Waals surface area contributed by atoms with Gasteiger partial charge in [-0.05, 0) is 42.8 Å². The molecule has 0 saturated carbocycles. The number of nitrogens with zero attached hydrogens (tertiary/aromatic N) is 3. The Balaban J connectivity index is 1.20. The van der Waals surface area contributed by atoms with E-state index in [-0.39, 0.29) is 25.2 Å². The summed E-state index contributed by atoms with van der Waals surface area (Å²) in [5.74, 6) is 3.55. The first-order chi connectivity index (χ1) is 15.6. The van der Waals surface area contributed by atoms with Crippen LogP contribution in [0.3, 0.4) is 0 Å². The summed E-state index contributed by atoms with van der Waals surface area (Å²) in [5, 5.41) is 8.17. The van der Waals surface area contributed by atoms with Crippen LogP contribution in [0.5, 0.6) is 23.0 Å². The molecular weight excluding hydrogens is 414 g/mol. The van der Waals surface area contributed by atoms with Crippen LogP contribution in [-0.2, 0) is 11.2 Å². The molecule has 2 aromatic carbocycles. The molecule has 9 nitrogen and oxygen atoms in total. The maximum absolute atomic E-state index is 12.8. The van der Waals surface area contributed by atoms with Crippen molar-refractivity contribution in [3.05, 3.63) is 47.9 Å². The first kappa shape index (κ1) is 20.2. The van der Waals surface area contributed by atoms with Crippen LogP contribution in [0.4, 0.5) is 0 Å². The SMILES string of the molecule is C[C@H](c1ccc2c(c1)OCCO2)N(C)C(=O)CCc1nnc(-c2ccc3c(c2)OCO3)o1. The van der Waals surface area contributed by atoms with Crippen molar-refractivity contribution < 1.29 is 28.2 Å². The van der Waals surface area contributed by atoms with E-state index < -0.39 is 0 Å². The van der Waals surface area contributed by atoms with Gasteiger partial charge in [-0.25, -0.2) is 0 Å². The zero-order valence-corrected chi connectivity index (χ0v) is 17.9. The van der Waals surface area contributed by atoms with E-state index in [2.05, 4.69) is 10.2 Å². The summed E-state index contributed by atoms with van der Waals surface area (Å²) >= 11 is 0. The Morgan fingerprint density at radius 1 is 0.969 bits per heavy atom. The van der Waals surface area contributed by atoms with Crippen LogP contribution in [0, 0.1) is 0 Å². The van der Waals surface area contributed by atoms with Gasteiger partial charge in [0.15, 0.2) is 23.0 Å². The molecule has 3 aromatic rings.